The molecule has 1 heterocycles. The number of nitrogens with one attached hydrogen (secondary N) is 2. The molecule has 0 saturated carbocycles. The van der Waals surface area contributed by atoms with Gasteiger partial charge in [-0.05, 0) is 67.8 Å². The predicted octanol–water partition coefficient (Wildman–Crippen LogP) is 7.11. The van der Waals surface area contributed by atoms with E-state index in [4.69, 9.17) is 23.2 Å². The Morgan fingerprint density at radius 1 is 0.971 bits per heavy atom. The van der Waals surface area contributed by atoms with Crippen molar-refractivity contribution in [3.63, 3.8) is 0 Å². The third kappa shape index (κ3) is 6.36. The molecule has 1 aromatic heterocycles. The first-order valence-corrected chi connectivity index (χ1v) is 12.7. The maximum Gasteiger partial charge on any atom is 0.319 e. The van der Waals surface area contributed by atoms with Gasteiger partial charge in [0.1, 0.15) is 0 Å². The second-order valence-corrected chi connectivity index (χ2v) is 10.0. The second-order valence-electron chi connectivity index (χ2n) is 8.21. The van der Waals surface area contributed by atoms with Gasteiger partial charge in [0.2, 0.25) is 0 Å². The summed E-state index contributed by atoms with van der Waals surface area (Å²) in [6.07, 6.45) is 0. The maximum absolute atomic E-state index is 12.6. The SMILES string of the molecule is Cc1cccc(CSc2nnc(CNC(=O)Nc3ccc(C)c(C)c3)n2-c2ccc(Cl)cc2Cl)c1. The molecule has 2 N–H and O–H groups in total. The molecule has 0 radical (unpaired) electrons. The van der Waals surface area contributed by atoms with Crippen molar-refractivity contribution in [3.05, 3.63) is 98.8 Å². The molecule has 0 aliphatic heterocycles. The molecule has 6 nitrogen and oxygen atoms in total. The molecule has 3 aromatic carbocycles. The predicted molar refractivity (Wildman–Crippen MR) is 144 cm³/mol. The van der Waals surface area contributed by atoms with Gasteiger partial charge in [-0.1, -0.05) is 70.9 Å². The Morgan fingerprint density at radius 2 is 1.80 bits per heavy atom. The van der Waals surface area contributed by atoms with Crippen LogP contribution in [0.15, 0.2) is 65.8 Å². The molecule has 9 heteroatoms. The molecule has 180 valence electrons. The third-order valence-electron chi connectivity index (χ3n) is 5.47. The number of anilines is 1. The molecule has 0 spiro atoms. The van der Waals surface area contributed by atoms with Crippen LogP contribution in [0.25, 0.3) is 5.69 Å². The van der Waals surface area contributed by atoms with Crippen LogP contribution in [0.3, 0.4) is 0 Å². The highest BCUT2D eigenvalue weighted by Crippen LogP contribution is 2.31. The molecule has 0 bridgehead atoms. The highest BCUT2D eigenvalue weighted by atomic mass is 35.5. The van der Waals surface area contributed by atoms with Gasteiger partial charge >= 0.3 is 6.03 Å². The molecule has 0 unspecified atom stereocenters. The number of urea groups is 1. The van der Waals surface area contributed by atoms with Gasteiger partial charge in [0, 0.05) is 16.5 Å². The van der Waals surface area contributed by atoms with Crippen LogP contribution in [0.4, 0.5) is 10.5 Å². The van der Waals surface area contributed by atoms with E-state index in [1.807, 2.05) is 48.7 Å². The minimum Gasteiger partial charge on any atom is -0.331 e. The summed E-state index contributed by atoms with van der Waals surface area (Å²) < 4.78 is 1.86. The minimum absolute atomic E-state index is 0.160. The molecule has 4 rings (SSSR count). The Labute approximate surface area is 219 Å². The van der Waals surface area contributed by atoms with E-state index in [-0.39, 0.29) is 12.6 Å². The number of aromatic nitrogens is 3. The lowest BCUT2D eigenvalue weighted by Crippen LogP contribution is -2.29. The van der Waals surface area contributed by atoms with Crippen molar-refractivity contribution in [2.75, 3.05) is 5.32 Å². The fourth-order valence-electron chi connectivity index (χ4n) is 3.52. The molecule has 0 aliphatic rings. The molecular weight excluding hydrogens is 501 g/mol. The van der Waals surface area contributed by atoms with Crippen molar-refractivity contribution in [1.29, 1.82) is 0 Å². The van der Waals surface area contributed by atoms with Gasteiger partial charge in [0.15, 0.2) is 11.0 Å². The van der Waals surface area contributed by atoms with Crippen molar-refractivity contribution in [3.8, 4) is 5.69 Å². The van der Waals surface area contributed by atoms with Gasteiger partial charge in [-0.25, -0.2) is 4.79 Å². The summed E-state index contributed by atoms with van der Waals surface area (Å²) in [5, 5.41) is 16.1. The van der Waals surface area contributed by atoms with Gasteiger partial charge in [-0.15, -0.1) is 10.2 Å². The zero-order valence-electron chi connectivity index (χ0n) is 19.6. The topological polar surface area (TPSA) is 71.8 Å². The molecule has 2 amide bonds. The Balaban J connectivity index is 1.55. The summed E-state index contributed by atoms with van der Waals surface area (Å²) in [5.74, 6) is 1.27. The Hall–Kier alpha value is -3.00. The van der Waals surface area contributed by atoms with Crippen molar-refractivity contribution in [2.45, 2.75) is 38.2 Å². The first kappa shape index (κ1) is 25.1. The van der Waals surface area contributed by atoms with Gasteiger partial charge in [-0.3, -0.25) is 4.57 Å². The lowest BCUT2D eigenvalue weighted by Gasteiger charge is -2.13. The molecule has 0 atom stereocenters. The minimum atomic E-state index is -0.334. The standard InChI is InChI=1S/C26H25Cl2N5OS/c1-16-5-4-6-19(11-16)15-35-26-32-31-24(33(26)23-10-8-20(27)13-22(23)28)14-29-25(34)30-21-9-7-17(2)18(3)12-21/h4-13H,14-15H2,1-3H3,(H2,29,30,34). The second kappa shape index (κ2) is 11.2. The number of carbonyl (C=O) groups excluding carboxylic acids is 1. The number of rotatable bonds is 7. The van der Waals surface area contributed by atoms with Gasteiger partial charge < -0.3 is 10.6 Å². The lowest BCUT2D eigenvalue weighted by atomic mass is 10.1. The van der Waals surface area contributed by atoms with E-state index in [1.54, 1.807) is 23.9 Å². The first-order valence-electron chi connectivity index (χ1n) is 11.0. The van der Waals surface area contributed by atoms with Crippen LogP contribution in [0, 0.1) is 20.8 Å². The third-order valence-corrected chi connectivity index (χ3v) is 7.01. The van der Waals surface area contributed by atoms with Crippen molar-refractivity contribution >= 4 is 46.7 Å². The number of amides is 2. The zero-order chi connectivity index (χ0) is 24.9. The van der Waals surface area contributed by atoms with Crippen molar-refractivity contribution < 1.29 is 4.79 Å². The van der Waals surface area contributed by atoms with Crippen LogP contribution < -0.4 is 10.6 Å². The van der Waals surface area contributed by atoms with Crippen LogP contribution in [-0.4, -0.2) is 20.8 Å². The average Bonchev–Trinajstić information content (AvgIpc) is 3.21. The van der Waals surface area contributed by atoms with Crippen molar-refractivity contribution in [2.24, 2.45) is 0 Å². The summed E-state index contributed by atoms with van der Waals surface area (Å²) >= 11 is 14.2. The van der Waals surface area contributed by atoms with Gasteiger partial charge in [0.05, 0.1) is 17.3 Å². The van der Waals surface area contributed by atoms with E-state index >= 15 is 0 Å². The Morgan fingerprint density at radius 3 is 2.54 bits per heavy atom. The monoisotopic (exact) mass is 525 g/mol. The zero-order valence-corrected chi connectivity index (χ0v) is 21.9. The summed E-state index contributed by atoms with van der Waals surface area (Å²) in [5.41, 5.74) is 6.07. The van der Waals surface area contributed by atoms with E-state index < -0.39 is 0 Å². The maximum atomic E-state index is 12.6. The first-order chi connectivity index (χ1) is 16.8. The van der Waals surface area contributed by atoms with E-state index in [0.717, 1.165) is 11.3 Å². The number of benzene rings is 3. The van der Waals surface area contributed by atoms with E-state index in [9.17, 15) is 4.79 Å². The van der Waals surface area contributed by atoms with E-state index in [2.05, 4.69) is 46.0 Å². The van der Waals surface area contributed by atoms with Gasteiger partial charge in [-0.2, -0.15) is 0 Å². The number of aryl methyl sites for hydroxylation is 3. The number of carbonyl (C=O) groups is 1. The number of hydrogen-bond acceptors (Lipinski definition) is 4. The number of thioether (sulfide) groups is 1. The lowest BCUT2D eigenvalue weighted by molar-refractivity contribution is 0.251. The highest BCUT2D eigenvalue weighted by Gasteiger charge is 2.18. The Kier molecular flexibility index (Phi) is 8.00. The molecular formula is C26H25Cl2N5OS. The normalized spacial score (nSPS) is 10.9. The van der Waals surface area contributed by atoms with Gasteiger partial charge in [0.25, 0.3) is 0 Å². The van der Waals surface area contributed by atoms with Crippen LogP contribution in [0.2, 0.25) is 10.0 Å². The van der Waals surface area contributed by atoms with Crippen LogP contribution in [-0.2, 0) is 12.3 Å². The molecule has 0 fully saturated rings. The summed E-state index contributed by atoms with van der Waals surface area (Å²) in [6.45, 7) is 6.26. The summed E-state index contributed by atoms with van der Waals surface area (Å²) in [4.78, 5) is 12.6. The average molecular weight is 526 g/mol. The molecule has 0 saturated heterocycles. The molecule has 4 aromatic rings. The van der Waals surface area contributed by atoms with Crippen LogP contribution in [0.5, 0.6) is 0 Å². The molecule has 0 aliphatic carbocycles. The quantitative estimate of drug-likeness (QED) is 0.252. The van der Waals surface area contributed by atoms with Crippen LogP contribution >= 0.6 is 35.0 Å². The summed E-state index contributed by atoms with van der Waals surface area (Å²) in [7, 11) is 0. The van der Waals surface area contributed by atoms with Crippen molar-refractivity contribution in [1.82, 2.24) is 20.1 Å². The van der Waals surface area contributed by atoms with E-state index in [0.29, 0.717) is 32.5 Å². The fourth-order valence-corrected chi connectivity index (χ4v) is 4.92. The summed E-state index contributed by atoms with van der Waals surface area (Å²) in [6, 6.07) is 19.0. The fraction of sp³-hybridized carbons (Fsp3) is 0.192. The number of hydrogen-bond donors (Lipinski definition) is 2. The Bertz CT molecular complexity index is 1370. The largest absolute Gasteiger partial charge is 0.331 e. The smallest absolute Gasteiger partial charge is 0.319 e. The van der Waals surface area contributed by atoms with E-state index in [1.165, 1.54) is 16.7 Å². The van der Waals surface area contributed by atoms with Crippen LogP contribution in [0.1, 0.15) is 28.1 Å². The number of halogens is 2. The highest BCUT2D eigenvalue weighted by molar-refractivity contribution is 7.98. The molecule has 35 heavy (non-hydrogen) atoms. The number of nitrogens with zero attached hydrogens (tertiary/aromatic N) is 3.